The van der Waals surface area contributed by atoms with E-state index in [-0.39, 0.29) is 5.97 Å². The Bertz CT molecular complexity index is 389. The number of carbonyl (C=O) groups excluding carboxylic acids is 1. The van der Waals surface area contributed by atoms with Gasteiger partial charge in [-0.2, -0.15) is 0 Å². The third-order valence-corrected chi connectivity index (χ3v) is 3.51. The lowest BCUT2D eigenvalue weighted by Crippen LogP contribution is -2.14. The maximum absolute atomic E-state index is 11.8. The van der Waals surface area contributed by atoms with Crippen LogP contribution in [0.2, 0.25) is 0 Å². The molecule has 0 aliphatic carbocycles. The standard InChI is InChI=1S/C13H18BrNO2/c1-3-9(4-2)8-17-13(16)11-7-10(15)5-6-12(11)14/h5-7,9H,3-4,8,15H2,1-2H3. The summed E-state index contributed by atoms with van der Waals surface area (Å²) >= 11 is 3.32. The van der Waals surface area contributed by atoms with Crippen LogP contribution in [0.15, 0.2) is 22.7 Å². The van der Waals surface area contributed by atoms with Crippen molar-refractivity contribution in [3.8, 4) is 0 Å². The number of hydrogen-bond donors (Lipinski definition) is 1. The minimum atomic E-state index is -0.323. The van der Waals surface area contributed by atoms with Gasteiger partial charge in [0.1, 0.15) is 0 Å². The summed E-state index contributed by atoms with van der Waals surface area (Å²) in [6, 6.07) is 5.12. The average Bonchev–Trinajstić information content (AvgIpc) is 2.33. The van der Waals surface area contributed by atoms with Gasteiger partial charge in [0.2, 0.25) is 0 Å². The monoisotopic (exact) mass is 299 g/mol. The van der Waals surface area contributed by atoms with Crippen molar-refractivity contribution in [1.82, 2.24) is 0 Å². The van der Waals surface area contributed by atoms with Crippen LogP contribution >= 0.6 is 15.9 Å². The van der Waals surface area contributed by atoms with Crippen molar-refractivity contribution in [1.29, 1.82) is 0 Å². The summed E-state index contributed by atoms with van der Waals surface area (Å²) < 4.78 is 5.99. The fourth-order valence-corrected chi connectivity index (χ4v) is 1.90. The topological polar surface area (TPSA) is 52.3 Å². The fourth-order valence-electron chi connectivity index (χ4n) is 1.49. The number of halogens is 1. The lowest BCUT2D eigenvalue weighted by atomic mass is 10.1. The van der Waals surface area contributed by atoms with Crippen LogP contribution in [0.5, 0.6) is 0 Å². The Morgan fingerprint density at radius 2 is 2.06 bits per heavy atom. The van der Waals surface area contributed by atoms with Crippen LogP contribution in [-0.2, 0) is 4.74 Å². The Hall–Kier alpha value is -1.03. The highest BCUT2D eigenvalue weighted by atomic mass is 79.9. The molecule has 0 aliphatic rings. The number of ether oxygens (including phenoxy) is 1. The maximum Gasteiger partial charge on any atom is 0.339 e. The molecule has 0 amide bonds. The van der Waals surface area contributed by atoms with Gasteiger partial charge >= 0.3 is 5.97 Å². The van der Waals surface area contributed by atoms with E-state index in [1.807, 2.05) is 0 Å². The minimum absolute atomic E-state index is 0.323. The van der Waals surface area contributed by atoms with Gasteiger partial charge in [-0.25, -0.2) is 4.79 Å². The van der Waals surface area contributed by atoms with Crippen LogP contribution < -0.4 is 5.73 Å². The van der Waals surface area contributed by atoms with Crippen LogP contribution in [0.3, 0.4) is 0 Å². The number of benzene rings is 1. The Kier molecular flexibility index (Phi) is 5.48. The molecule has 0 heterocycles. The third-order valence-electron chi connectivity index (χ3n) is 2.82. The van der Waals surface area contributed by atoms with Crippen LogP contribution in [0.4, 0.5) is 5.69 Å². The second-order valence-corrected chi connectivity index (χ2v) is 4.87. The molecule has 0 spiro atoms. The molecule has 4 heteroatoms. The second-order valence-electron chi connectivity index (χ2n) is 4.02. The van der Waals surface area contributed by atoms with Gasteiger partial charge in [-0.3, -0.25) is 0 Å². The molecule has 1 aromatic rings. The molecule has 0 bridgehead atoms. The van der Waals surface area contributed by atoms with Crippen LogP contribution in [0.25, 0.3) is 0 Å². The lowest BCUT2D eigenvalue weighted by Gasteiger charge is -2.13. The van der Waals surface area contributed by atoms with Crippen molar-refractivity contribution in [3.05, 3.63) is 28.2 Å². The zero-order chi connectivity index (χ0) is 12.8. The lowest BCUT2D eigenvalue weighted by molar-refractivity contribution is 0.0432. The van der Waals surface area contributed by atoms with Gasteiger partial charge in [-0.05, 0) is 40.0 Å². The molecule has 0 fully saturated rings. The molecule has 94 valence electrons. The molecule has 0 unspecified atom stereocenters. The van der Waals surface area contributed by atoms with Gasteiger partial charge in [0, 0.05) is 10.2 Å². The van der Waals surface area contributed by atoms with E-state index in [0.717, 1.165) is 12.8 Å². The summed E-state index contributed by atoms with van der Waals surface area (Å²) in [5, 5.41) is 0. The van der Waals surface area contributed by atoms with Gasteiger partial charge in [0.15, 0.2) is 0 Å². The summed E-state index contributed by atoms with van der Waals surface area (Å²) in [7, 11) is 0. The fraction of sp³-hybridized carbons (Fsp3) is 0.462. The predicted octanol–water partition coefficient (Wildman–Crippen LogP) is 3.62. The summed E-state index contributed by atoms with van der Waals surface area (Å²) in [6.45, 7) is 4.66. The van der Waals surface area contributed by atoms with Crippen molar-refractivity contribution in [2.75, 3.05) is 12.3 Å². The Morgan fingerprint density at radius 1 is 1.41 bits per heavy atom. The molecule has 0 saturated carbocycles. The Labute approximate surface area is 110 Å². The number of esters is 1. The molecule has 2 N–H and O–H groups in total. The molecule has 0 aliphatic heterocycles. The van der Waals surface area contributed by atoms with Gasteiger partial charge in [-0.15, -0.1) is 0 Å². The number of nitrogen functional groups attached to an aromatic ring is 1. The van der Waals surface area contributed by atoms with Crippen molar-refractivity contribution in [3.63, 3.8) is 0 Å². The molecular formula is C13H18BrNO2. The largest absolute Gasteiger partial charge is 0.462 e. The molecule has 0 atom stereocenters. The third kappa shape index (κ3) is 4.04. The van der Waals surface area contributed by atoms with E-state index in [1.54, 1.807) is 18.2 Å². The quantitative estimate of drug-likeness (QED) is 0.667. The second kappa shape index (κ2) is 6.64. The molecular weight excluding hydrogens is 282 g/mol. The molecule has 0 aromatic heterocycles. The average molecular weight is 300 g/mol. The normalized spacial score (nSPS) is 10.6. The van der Waals surface area contributed by atoms with E-state index in [9.17, 15) is 4.79 Å². The maximum atomic E-state index is 11.8. The van der Waals surface area contributed by atoms with Crippen LogP contribution in [0, 0.1) is 5.92 Å². The smallest absolute Gasteiger partial charge is 0.339 e. The molecule has 0 saturated heterocycles. The molecule has 0 radical (unpaired) electrons. The molecule has 17 heavy (non-hydrogen) atoms. The first-order valence-corrected chi connectivity index (χ1v) is 6.59. The highest BCUT2D eigenvalue weighted by molar-refractivity contribution is 9.10. The van der Waals surface area contributed by atoms with Crippen molar-refractivity contribution in [2.24, 2.45) is 5.92 Å². The zero-order valence-electron chi connectivity index (χ0n) is 10.2. The van der Waals surface area contributed by atoms with Crippen molar-refractivity contribution in [2.45, 2.75) is 26.7 Å². The summed E-state index contributed by atoms with van der Waals surface area (Å²) in [4.78, 5) is 11.8. The molecule has 3 nitrogen and oxygen atoms in total. The number of carbonyl (C=O) groups is 1. The first-order chi connectivity index (χ1) is 8.08. The van der Waals surface area contributed by atoms with Crippen LogP contribution in [-0.4, -0.2) is 12.6 Å². The van der Waals surface area contributed by atoms with E-state index in [4.69, 9.17) is 10.5 Å². The summed E-state index contributed by atoms with van der Waals surface area (Å²) in [5.41, 5.74) is 6.69. The SMILES string of the molecule is CCC(CC)COC(=O)c1cc(N)ccc1Br. The van der Waals surface area contributed by atoms with Gasteiger partial charge in [0.25, 0.3) is 0 Å². The highest BCUT2D eigenvalue weighted by Crippen LogP contribution is 2.21. The van der Waals surface area contributed by atoms with E-state index in [1.165, 1.54) is 0 Å². The number of hydrogen-bond acceptors (Lipinski definition) is 3. The molecule has 1 rings (SSSR count). The Balaban J connectivity index is 2.66. The first kappa shape index (κ1) is 14.0. The number of nitrogens with two attached hydrogens (primary N) is 1. The van der Waals surface area contributed by atoms with Crippen LogP contribution in [0.1, 0.15) is 37.0 Å². The highest BCUT2D eigenvalue weighted by Gasteiger charge is 2.13. The van der Waals surface area contributed by atoms with E-state index >= 15 is 0 Å². The van der Waals surface area contributed by atoms with Crippen molar-refractivity contribution < 1.29 is 9.53 Å². The summed E-state index contributed by atoms with van der Waals surface area (Å²) in [6.07, 6.45) is 2.03. The Morgan fingerprint density at radius 3 is 2.65 bits per heavy atom. The minimum Gasteiger partial charge on any atom is -0.462 e. The van der Waals surface area contributed by atoms with Gasteiger partial charge in [0.05, 0.1) is 12.2 Å². The zero-order valence-corrected chi connectivity index (χ0v) is 11.8. The van der Waals surface area contributed by atoms with Crippen molar-refractivity contribution >= 4 is 27.6 Å². The van der Waals surface area contributed by atoms with Gasteiger partial charge < -0.3 is 10.5 Å². The predicted molar refractivity (Wildman–Crippen MR) is 72.9 cm³/mol. The van der Waals surface area contributed by atoms with E-state index in [2.05, 4.69) is 29.8 Å². The number of anilines is 1. The number of rotatable bonds is 5. The summed E-state index contributed by atoms with van der Waals surface area (Å²) in [5.74, 6) is 0.106. The van der Waals surface area contributed by atoms with E-state index in [0.29, 0.717) is 28.2 Å². The molecule has 1 aromatic carbocycles. The first-order valence-electron chi connectivity index (χ1n) is 5.80. The van der Waals surface area contributed by atoms with Gasteiger partial charge in [-0.1, -0.05) is 26.7 Å². The van der Waals surface area contributed by atoms with E-state index < -0.39 is 0 Å².